The third kappa shape index (κ3) is 5.43. The number of hydrogen-bond acceptors (Lipinski definition) is 4. The van der Waals surface area contributed by atoms with Gasteiger partial charge in [0.1, 0.15) is 0 Å². The lowest BCUT2D eigenvalue weighted by atomic mass is 9.98. The second kappa shape index (κ2) is 9.51. The predicted octanol–water partition coefficient (Wildman–Crippen LogP) is 4.61. The second-order valence-electron chi connectivity index (χ2n) is 8.09. The topological polar surface area (TPSA) is 45.2 Å². The summed E-state index contributed by atoms with van der Waals surface area (Å²) in [5, 5.41) is 4.40. The number of para-hydroxylation sites is 1. The molecule has 29 heavy (non-hydrogen) atoms. The summed E-state index contributed by atoms with van der Waals surface area (Å²) >= 11 is 1.80. The van der Waals surface area contributed by atoms with Gasteiger partial charge in [-0.15, -0.1) is 11.3 Å². The number of aromatic nitrogens is 1. The number of thiazole rings is 1. The molecule has 2 atom stereocenters. The quantitative estimate of drug-likeness (QED) is 0.622. The normalized spacial score (nSPS) is 18.6. The van der Waals surface area contributed by atoms with E-state index in [1.165, 1.54) is 15.3 Å². The number of amides is 1. The Labute approximate surface area is 177 Å². The maximum absolute atomic E-state index is 12.6. The van der Waals surface area contributed by atoms with Crippen LogP contribution in [0.2, 0.25) is 0 Å². The van der Waals surface area contributed by atoms with Crippen LogP contribution < -0.4 is 5.32 Å². The van der Waals surface area contributed by atoms with Gasteiger partial charge in [0.25, 0.3) is 0 Å². The molecule has 152 valence electrons. The maximum Gasteiger partial charge on any atom is 0.234 e. The van der Waals surface area contributed by atoms with E-state index >= 15 is 0 Å². The van der Waals surface area contributed by atoms with Crippen molar-refractivity contribution in [2.45, 2.75) is 44.6 Å². The Hall–Kier alpha value is -2.24. The average Bonchev–Trinajstić information content (AvgIpc) is 3.17. The first-order valence-corrected chi connectivity index (χ1v) is 11.4. The van der Waals surface area contributed by atoms with Gasteiger partial charge in [-0.1, -0.05) is 42.5 Å². The first kappa shape index (κ1) is 20.0. The molecule has 1 N–H and O–H groups in total. The minimum Gasteiger partial charge on any atom is -0.353 e. The molecule has 2 heterocycles. The number of fused-ring (bicyclic) bond motifs is 1. The monoisotopic (exact) mass is 407 g/mol. The number of carbonyl (C=O) groups excluding carboxylic acids is 1. The number of hydrogen-bond donors (Lipinski definition) is 1. The standard InChI is InChI=1S/C24H29N3OS/c1-18(13-14-19-8-3-2-4-9-19)25-23(28)17-27-15-7-10-20(16-27)24-26-21-11-5-6-12-22(21)29-24/h2-6,8-9,11-12,18,20H,7,10,13-17H2,1H3,(H,25,28)/t18-,20-/m0/s1. The van der Waals surface area contributed by atoms with Gasteiger partial charge >= 0.3 is 0 Å². The third-order valence-corrected chi connectivity index (χ3v) is 6.85. The van der Waals surface area contributed by atoms with Gasteiger partial charge < -0.3 is 5.32 Å². The van der Waals surface area contributed by atoms with E-state index in [1.54, 1.807) is 11.3 Å². The van der Waals surface area contributed by atoms with Crippen molar-refractivity contribution in [1.29, 1.82) is 0 Å². The molecule has 0 spiro atoms. The highest BCUT2D eigenvalue weighted by atomic mass is 32.1. The Morgan fingerprint density at radius 2 is 2.00 bits per heavy atom. The van der Waals surface area contributed by atoms with Crippen LogP contribution >= 0.6 is 11.3 Å². The molecule has 0 saturated carbocycles. The van der Waals surface area contributed by atoms with E-state index in [4.69, 9.17) is 4.98 Å². The molecule has 1 fully saturated rings. The first-order valence-electron chi connectivity index (χ1n) is 10.6. The van der Waals surface area contributed by atoms with Crippen LogP contribution in [0, 0.1) is 0 Å². The summed E-state index contributed by atoms with van der Waals surface area (Å²) in [6, 6.07) is 19.0. The Kier molecular flexibility index (Phi) is 6.57. The molecule has 3 aromatic rings. The van der Waals surface area contributed by atoms with Gasteiger partial charge in [-0.05, 0) is 56.8 Å². The molecule has 4 nitrogen and oxygen atoms in total. The largest absolute Gasteiger partial charge is 0.353 e. The minimum absolute atomic E-state index is 0.135. The van der Waals surface area contributed by atoms with Gasteiger partial charge in [-0.25, -0.2) is 4.98 Å². The zero-order valence-corrected chi connectivity index (χ0v) is 17.8. The highest BCUT2D eigenvalue weighted by Crippen LogP contribution is 2.32. The number of likely N-dealkylation sites (tertiary alicyclic amines) is 1. The van der Waals surface area contributed by atoms with E-state index < -0.39 is 0 Å². The number of carbonyl (C=O) groups is 1. The number of nitrogens with one attached hydrogen (secondary N) is 1. The molecule has 1 aliphatic heterocycles. The molecule has 1 saturated heterocycles. The van der Waals surface area contributed by atoms with E-state index in [-0.39, 0.29) is 11.9 Å². The van der Waals surface area contributed by atoms with Crippen LogP contribution in [-0.2, 0) is 11.2 Å². The molecule has 2 aromatic carbocycles. The van der Waals surface area contributed by atoms with E-state index in [9.17, 15) is 4.79 Å². The molecule has 0 bridgehead atoms. The van der Waals surface area contributed by atoms with Gasteiger partial charge in [-0.3, -0.25) is 9.69 Å². The van der Waals surface area contributed by atoms with Crippen molar-refractivity contribution in [3.63, 3.8) is 0 Å². The highest BCUT2D eigenvalue weighted by Gasteiger charge is 2.25. The number of aryl methyl sites for hydroxylation is 1. The average molecular weight is 408 g/mol. The van der Waals surface area contributed by atoms with E-state index in [2.05, 4.69) is 59.6 Å². The van der Waals surface area contributed by atoms with Crippen LogP contribution in [-0.4, -0.2) is 41.5 Å². The fourth-order valence-corrected chi connectivity index (χ4v) is 5.18. The minimum atomic E-state index is 0.135. The van der Waals surface area contributed by atoms with Crippen molar-refractivity contribution in [3.8, 4) is 0 Å². The maximum atomic E-state index is 12.6. The number of piperidine rings is 1. The van der Waals surface area contributed by atoms with Gasteiger partial charge in [-0.2, -0.15) is 0 Å². The highest BCUT2D eigenvalue weighted by molar-refractivity contribution is 7.18. The molecule has 1 aliphatic rings. The van der Waals surface area contributed by atoms with Crippen molar-refractivity contribution >= 4 is 27.5 Å². The van der Waals surface area contributed by atoms with Crippen LogP contribution in [0.15, 0.2) is 54.6 Å². The number of rotatable bonds is 7. The molecule has 1 amide bonds. The molecule has 0 radical (unpaired) electrons. The smallest absolute Gasteiger partial charge is 0.234 e. The zero-order valence-electron chi connectivity index (χ0n) is 17.0. The summed E-state index contributed by atoms with van der Waals surface area (Å²) in [5.41, 5.74) is 2.41. The number of nitrogens with zero attached hydrogens (tertiary/aromatic N) is 2. The molecule has 0 unspecified atom stereocenters. The molecule has 1 aromatic heterocycles. The van der Waals surface area contributed by atoms with Crippen LogP contribution in [0.4, 0.5) is 0 Å². The lowest BCUT2D eigenvalue weighted by Gasteiger charge is -2.31. The Morgan fingerprint density at radius 1 is 1.21 bits per heavy atom. The van der Waals surface area contributed by atoms with E-state index in [0.29, 0.717) is 12.5 Å². The zero-order chi connectivity index (χ0) is 20.1. The first-order chi connectivity index (χ1) is 14.2. The summed E-state index contributed by atoms with van der Waals surface area (Å²) in [5.74, 6) is 0.569. The van der Waals surface area contributed by atoms with Gasteiger partial charge in [0, 0.05) is 18.5 Å². The van der Waals surface area contributed by atoms with Crippen LogP contribution in [0.1, 0.15) is 42.7 Å². The lowest BCUT2D eigenvalue weighted by molar-refractivity contribution is -0.123. The van der Waals surface area contributed by atoms with Crippen molar-refractivity contribution in [2.24, 2.45) is 0 Å². The summed E-state index contributed by atoms with van der Waals surface area (Å²) in [4.78, 5) is 19.7. The Bertz CT molecular complexity index is 906. The molecule has 0 aliphatic carbocycles. The van der Waals surface area contributed by atoms with Crippen LogP contribution in [0.25, 0.3) is 10.2 Å². The van der Waals surface area contributed by atoms with E-state index in [1.807, 2.05) is 12.1 Å². The Morgan fingerprint density at radius 3 is 2.83 bits per heavy atom. The fourth-order valence-electron chi connectivity index (χ4n) is 4.09. The predicted molar refractivity (Wildman–Crippen MR) is 120 cm³/mol. The SMILES string of the molecule is C[C@@H](CCc1ccccc1)NC(=O)CN1CCC[C@H](c2nc3ccccc3s2)C1. The fraction of sp³-hybridized carbons (Fsp3) is 0.417. The second-order valence-corrected chi connectivity index (χ2v) is 9.15. The van der Waals surface area contributed by atoms with Crippen LogP contribution in [0.3, 0.4) is 0 Å². The molecule has 4 rings (SSSR count). The van der Waals surface area contributed by atoms with Crippen molar-refractivity contribution in [3.05, 3.63) is 65.2 Å². The van der Waals surface area contributed by atoms with Crippen molar-refractivity contribution < 1.29 is 4.79 Å². The summed E-state index contributed by atoms with van der Waals surface area (Å²) in [7, 11) is 0. The summed E-state index contributed by atoms with van der Waals surface area (Å²) < 4.78 is 1.25. The molecular weight excluding hydrogens is 378 g/mol. The van der Waals surface area contributed by atoms with Gasteiger partial charge in [0.2, 0.25) is 5.91 Å². The number of benzene rings is 2. The molecular formula is C24H29N3OS. The summed E-state index contributed by atoms with van der Waals surface area (Å²) in [6.45, 7) is 4.50. The van der Waals surface area contributed by atoms with Crippen LogP contribution in [0.5, 0.6) is 0 Å². The van der Waals surface area contributed by atoms with E-state index in [0.717, 1.165) is 44.3 Å². The van der Waals surface area contributed by atoms with Gasteiger partial charge in [0.15, 0.2) is 0 Å². The Balaban J connectivity index is 1.26. The molecule has 5 heteroatoms. The lowest BCUT2D eigenvalue weighted by Crippen LogP contribution is -2.44. The van der Waals surface area contributed by atoms with Crippen molar-refractivity contribution in [1.82, 2.24) is 15.2 Å². The third-order valence-electron chi connectivity index (χ3n) is 5.65. The van der Waals surface area contributed by atoms with Gasteiger partial charge in [0.05, 0.1) is 21.8 Å². The summed E-state index contributed by atoms with van der Waals surface area (Å²) in [6.07, 6.45) is 4.23. The van der Waals surface area contributed by atoms with Crippen molar-refractivity contribution in [2.75, 3.05) is 19.6 Å².